The first-order valence-electron chi connectivity index (χ1n) is 8.44. The molecule has 0 unspecified atom stereocenters. The van der Waals surface area contributed by atoms with Crippen molar-refractivity contribution in [3.8, 4) is 17.0 Å². The van der Waals surface area contributed by atoms with Crippen LogP contribution in [-0.4, -0.2) is 36.7 Å². The maximum absolute atomic E-state index is 13.1. The van der Waals surface area contributed by atoms with Gasteiger partial charge in [0, 0.05) is 22.3 Å². The van der Waals surface area contributed by atoms with E-state index in [4.69, 9.17) is 4.74 Å². The molecule has 3 aromatic rings. The average molecular weight is 462 g/mol. The highest BCUT2D eigenvalue weighted by Gasteiger charge is 2.35. The number of hydrogen-bond donors (Lipinski definition) is 1. The van der Waals surface area contributed by atoms with Crippen LogP contribution < -0.4 is 10.1 Å². The quantitative estimate of drug-likeness (QED) is 0.642. The highest BCUT2D eigenvalue weighted by Crippen LogP contribution is 2.32. The van der Waals surface area contributed by atoms with Crippen LogP contribution in [0.15, 0.2) is 58.2 Å². The molecule has 2 heterocycles. The number of hydrogen-bond acceptors (Lipinski definition) is 5. The van der Waals surface area contributed by atoms with Crippen molar-refractivity contribution in [2.75, 3.05) is 18.2 Å². The number of methoxy groups -OCH3 is 1. The number of carbonyl (C=O) groups excluding carboxylic acids is 1. The Kier molecular flexibility index (Phi) is 4.72. The molecule has 1 N–H and O–H groups in total. The highest BCUT2D eigenvalue weighted by molar-refractivity contribution is 9.10. The van der Waals surface area contributed by atoms with Gasteiger partial charge < -0.3 is 14.6 Å². The van der Waals surface area contributed by atoms with Gasteiger partial charge >= 0.3 is 0 Å². The number of amides is 1. The van der Waals surface area contributed by atoms with Gasteiger partial charge in [-0.3, -0.25) is 4.79 Å². The van der Waals surface area contributed by atoms with Crippen LogP contribution in [-0.2, 0) is 16.4 Å². The maximum Gasteiger partial charge on any atom is 0.274 e. The van der Waals surface area contributed by atoms with Gasteiger partial charge in [0.15, 0.2) is 0 Å². The number of imidazole rings is 1. The third-order valence-corrected chi connectivity index (χ3v) is 6.57. The van der Waals surface area contributed by atoms with Gasteiger partial charge in [0.2, 0.25) is 15.0 Å². The van der Waals surface area contributed by atoms with Crippen LogP contribution in [0, 0.1) is 0 Å². The van der Waals surface area contributed by atoms with Crippen LogP contribution in [0.3, 0.4) is 0 Å². The minimum absolute atomic E-state index is 0.0632. The Morgan fingerprint density at radius 3 is 2.68 bits per heavy atom. The SMILES string of the molecule is COc1cccc(-c2nc3n(c2C(=O)Nc2ccc(Br)cc2)CCS3(=O)=O)c1. The van der Waals surface area contributed by atoms with E-state index in [1.165, 1.54) is 11.7 Å². The molecule has 7 nitrogen and oxygen atoms in total. The molecular formula is C19H16BrN3O4S. The van der Waals surface area contributed by atoms with Crippen molar-refractivity contribution < 1.29 is 17.9 Å². The third-order valence-electron chi connectivity index (χ3n) is 4.45. The monoisotopic (exact) mass is 461 g/mol. The normalized spacial score (nSPS) is 14.5. The summed E-state index contributed by atoms with van der Waals surface area (Å²) in [4.78, 5) is 17.4. The molecule has 0 radical (unpaired) electrons. The molecule has 0 saturated carbocycles. The largest absolute Gasteiger partial charge is 0.497 e. The molecule has 1 aliphatic heterocycles. The Morgan fingerprint density at radius 1 is 1.21 bits per heavy atom. The second-order valence-electron chi connectivity index (χ2n) is 6.26. The van der Waals surface area contributed by atoms with Crippen molar-refractivity contribution in [1.82, 2.24) is 9.55 Å². The Bertz CT molecular complexity index is 1170. The molecule has 0 atom stereocenters. The van der Waals surface area contributed by atoms with E-state index in [0.29, 0.717) is 22.7 Å². The molecule has 1 amide bonds. The molecule has 2 aromatic carbocycles. The molecule has 1 aromatic heterocycles. The van der Waals surface area contributed by atoms with Gasteiger partial charge in [-0.05, 0) is 36.4 Å². The van der Waals surface area contributed by atoms with E-state index in [-0.39, 0.29) is 23.1 Å². The van der Waals surface area contributed by atoms with Crippen molar-refractivity contribution in [3.63, 3.8) is 0 Å². The van der Waals surface area contributed by atoms with E-state index < -0.39 is 15.7 Å². The van der Waals surface area contributed by atoms with E-state index in [1.54, 1.807) is 36.4 Å². The maximum atomic E-state index is 13.1. The van der Waals surface area contributed by atoms with Crippen LogP contribution in [0.5, 0.6) is 5.75 Å². The Balaban J connectivity index is 1.83. The molecule has 28 heavy (non-hydrogen) atoms. The summed E-state index contributed by atoms with van der Waals surface area (Å²) in [5.74, 6) is 0.107. The smallest absolute Gasteiger partial charge is 0.274 e. The van der Waals surface area contributed by atoms with Gasteiger partial charge in [0.25, 0.3) is 5.91 Å². The number of anilines is 1. The summed E-state index contributed by atoms with van der Waals surface area (Å²) in [7, 11) is -1.97. The summed E-state index contributed by atoms with van der Waals surface area (Å²) in [5, 5.41) is 2.74. The van der Waals surface area contributed by atoms with E-state index in [0.717, 1.165) is 4.47 Å². The molecule has 9 heteroatoms. The third kappa shape index (κ3) is 3.31. The zero-order valence-electron chi connectivity index (χ0n) is 14.8. The Hall–Kier alpha value is -2.65. The summed E-state index contributed by atoms with van der Waals surface area (Å²) in [5.41, 5.74) is 1.73. The fourth-order valence-electron chi connectivity index (χ4n) is 3.11. The minimum atomic E-state index is -3.51. The minimum Gasteiger partial charge on any atom is -0.497 e. The molecule has 1 aliphatic rings. The van der Waals surface area contributed by atoms with Crippen molar-refractivity contribution in [3.05, 3.63) is 58.7 Å². The number of rotatable bonds is 4. The van der Waals surface area contributed by atoms with E-state index in [2.05, 4.69) is 26.2 Å². The molecule has 4 rings (SSSR count). The summed E-state index contributed by atoms with van der Waals surface area (Å²) >= 11 is 3.35. The predicted octanol–water partition coefficient (Wildman–Crippen LogP) is 3.36. The van der Waals surface area contributed by atoms with E-state index in [1.807, 2.05) is 12.1 Å². The van der Waals surface area contributed by atoms with Gasteiger partial charge in [-0.2, -0.15) is 0 Å². The summed E-state index contributed by atoms with van der Waals surface area (Å²) in [6, 6.07) is 14.2. The van der Waals surface area contributed by atoms with Crippen LogP contribution in [0.4, 0.5) is 5.69 Å². The lowest BCUT2D eigenvalue weighted by Crippen LogP contribution is -2.17. The zero-order valence-corrected chi connectivity index (χ0v) is 17.2. The number of fused-ring (bicyclic) bond motifs is 1. The second kappa shape index (κ2) is 7.06. The van der Waals surface area contributed by atoms with Gasteiger partial charge in [-0.25, -0.2) is 13.4 Å². The second-order valence-corrected chi connectivity index (χ2v) is 9.17. The number of carbonyl (C=O) groups is 1. The topological polar surface area (TPSA) is 90.3 Å². The molecule has 0 bridgehead atoms. The number of aromatic nitrogens is 2. The fraction of sp³-hybridized carbons (Fsp3) is 0.158. The first-order valence-corrected chi connectivity index (χ1v) is 10.9. The van der Waals surface area contributed by atoms with Crippen molar-refractivity contribution in [2.24, 2.45) is 0 Å². The van der Waals surface area contributed by atoms with Crippen LogP contribution in [0.2, 0.25) is 0 Å². The van der Waals surface area contributed by atoms with E-state index >= 15 is 0 Å². The number of nitrogens with zero attached hydrogens (tertiary/aromatic N) is 2. The summed E-state index contributed by atoms with van der Waals surface area (Å²) in [6.07, 6.45) is 0. The van der Waals surface area contributed by atoms with Crippen molar-refractivity contribution in [1.29, 1.82) is 0 Å². The van der Waals surface area contributed by atoms with Crippen LogP contribution in [0.25, 0.3) is 11.3 Å². The fourth-order valence-corrected chi connectivity index (χ4v) is 4.72. The number of benzene rings is 2. The van der Waals surface area contributed by atoms with Gasteiger partial charge in [0.05, 0.1) is 12.9 Å². The van der Waals surface area contributed by atoms with Crippen molar-refractivity contribution >= 4 is 37.4 Å². The van der Waals surface area contributed by atoms with Gasteiger partial charge in [0.1, 0.15) is 17.1 Å². The standard InChI is InChI=1S/C19H16BrN3O4S/c1-27-15-4-2-3-12(11-15)16-17(23-9-10-28(25,26)19(23)22-16)18(24)21-14-7-5-13(20)6-8-14/h2-8,11H,9-10H2,1H3,(H,21,24). The Labute approximate surface area is 170 Å². The zero-order chi connectivity index (χ0) is 19.9. The molecular weight excluding hydrogens is 446 g/mol. The van der Waals surface area contributed by atoms with E-state index in [9.17, 15) is 13.2 Å². The van der Waals surface area contributed by atoms with Crippen LogP contribution in [0.1, 0.15) is 10.5 Å². The highest BCUT2D eigenvalue weighted by atomic mass is 79.9. The lowest BCUT2D eigenvalue weighted by molar-refractivity contribution is 0.101. The number of halogens is 1. The molecule has 144 valence electrons. The average Bonchev–Trinajstić information content (AvgIpc) is 3.21. The lowest BCUT2D eigenvalue weighted by Gasteiger charge is -2.10. The Morgan fingerprint density at radius 2 is 1.96 bits per heavy atom. The number of nitrogens with one attached hydrogen (secondary N) is 1. The lowest BCUT2D eigenvalue weighted by atomic mass is 10.1. The molecule has 0 fully saturated rings. The van der Waals surface area contributed by atoms with Gasteiger partial charge in [-0.15, -0.1) is 0 Å². The molecule has 0 spiro atoms. The predicted molar refractivity (Wildman–Crippen MR) is 108 cm³/mol. The van der Waals surface area contributed by atoms with Gasteiger partial charge in [-0.1, -0.05) is 28.1 Å². The summed E-state index contributed by atoms with van der Waals surface area (Å²) < 4.78 is 32.3. The molecule has 0 saturated heterocycles. The first kappa shape index (κ1) is 18.7. The summed E-state index contributed by atoms with van der Waals surface area (Å²) in [6.45, 7) is 0.192. The number of sulfone groups is 1. The molecule has 0 aliphatic carbocycles. The van der Waals surface area contributed by atoms with Crippen LogP contribution >= 0.6 is 15.9 Å². The number of ether oxygens (including phenoxy) is 1. The van der Waals surface area contributed by atoms with Crippen molar-refractivity contribution in [2.45, 2.75) is 11.7 Å². The first-order chi connectivity index (χ1) is 13.4.